The van der Waals surface area contributed by atoms with Gasteiger partial charge in [-0.25, -0.2) is 13.9 Å². The Morgan fingerprint density at radius 3 is 2.86 bits per heavy atom. The van der Waals surface area contributed by atoms with Gasteiger partial charge in [0, 0.05) is 48.8 Å². The molecule has 0 radical (unpaired) electrons. The molecule has 4 heterocycles. The molecule has 0 saturated carbocycles. The van der Waals surface area contributed by atoms with Gasteiger partial charge in [0.2, 0.25) is 0 Å². The molecule has 0 amide bonds. The van der Waals surface area contributed by atoms with Crippen LogP contribution >= 0.6 is 0 Å². The first kappa shape index (κ1) is 24.3. The molecule has 0 saturated heterocycles. The van der Waals surface area contributed by atoms with Crippen molar-refractivity contribution in [2.75, 3.05) is 25.0 Å². The van der Waals surface area contributed by atoms with E-state index in [1.54, 1.807) is 29.2 Å². The van der Waals surface area contributed by atoms with Gasteiger partial charge < -0.3 is 15.5 Å². The molecule has 0 aromatic carbocycles. The van der Waals surface area contributed by atoms with Gasteiger partial charge in [0.1, 0.15) is 31.0 Å². The second-order valence-electron chi connectivity index (χ2n) is 9.82. The van der Waals surface area contributed by atoms with Crippen LogP contribution in [0.4, 0.5) is 10.2 Å². The molecule has 2 unspecified atom stereocenters. The fraction of sp³-hybridized carbons (Fsp3) is 0.407. The maximum absolute atomic E-state index is 15.1. The van der Waals surface area contributed by atoms with E-state index < -0.39 is 5.54 Å². The molecular weight excluding hydrogens is 459 g/mol. The average Bonchev–Trinajstić information content (AvgIpc) is 3.38. The first-order valence-electron chi connectivity index (χ1n) is 12.4. The van der Waals surface area contributed by atoms with Crippen LogP contribution in [0.1, 0.15) is 37.6 Å². The summed E-state index contributed by atoms with van der Waals surface area (Å²) in [6, 6.07) is 7.68. The van der Waals surface area contributed by atoms with Crippen LogP contribution in [0, 0.1) is 5.92 Å². The lowest BCUT2D eigenvalue weighted by Crippen LogP contribution is -2.31. The fourth-order valence-corrected chi connectivity index (χ4v) is 4.87. The van der Waals surface area contributed by atoms with Gasteiger partial charge in [-0.15, -0.1) is 0 Å². The van der Waals surface area contributed by atoms with Crippen LogP contribution in [0.3, 0.4) is 0 Å². The van der Waals surface area contributed by atoms with Gasteiger partial charge in [0.25, 0.3) is 0 Å². The zero-order valence-corrected chi connectivity index (χ0v) is 20.4. The number of anilines is 1. The first-order chi connectivity index (χ1) is 17.5. The standard InChI is InChI=1S/C27H32FN6O2/c1-27(34-11-7-22(18-36)32-34)8-4-24(23(28)16-27)31-26-15-25-20(17-29-26)2-3-21(30-25)14-19-5-9-33(10-6-19)12-13-35/h2-4,7-9,11,15,17,19,35-36H,5-6,10,12-14,16,18H2,1H3,(H,29,31)/q+1. The van der Waals surface area contributed by atoms with E-state index >= 15 is 4.39 Å². The quantitative estimate of drug-likeness (QED) is 0.418. The van der Waals surface area contributed by atoms with Crippen molar-refractivity contribution in [3.05, 3.63) is 71.7 Å². The number of aliphatic hydroxyl groups excluding tert-OH is 2. The van der Waals surface area contributed by atoms with Crippen LogP contribution in [-0.4, -0.2) is 60.4 Å². The van der Waals surface area contributed by atoms with Crippen LogP contribution in [0.15, 0.2) is 60.3 Å². The molecule has 2 atom stereocenters. The third-order valence-corrected chi connectivity index (χ3v) is 7.04. The Hall–Kier alpha value is -3.43. The van der Waals surface area contributed by atoms with E-state index in [1.165, 1.54) is 0 Å². The third kappa shape index (κ3) is 5.22. The maximum Gasteiger partial charge on any atom is 0.165 e. The smallest absolute Gasteiger partial charge is 0.165 e. The zero-order valence-electron chi connectivity index (χ0n) is 20.4. The average molecular weight is 492 g/mol. The zero-order chi connectivity index (χ0) is 25.1. The predicted molar refractivity (Wildman–Crippen MR) is 136 cm³/mol. The normalized spacial score (nSPS) is 22.2. The SMILES string of the molecule is CC1(n2ccc(CO)n2)C=CC(Nc2cc3nc(CC4CC=[N+](CCO)CC4)ccc3cn2)=C(F)C1. The fourth-order valence-electron chi connectivity index (χ4n) is 4.87. The minimum Gasteiger partial charge on any atom is -0.390 e. The van der Waals surface area contributed by atoms with Gasteiger partial charge in [-0.1, -0.05) is 6.08 Å². The van der Waals surface area contributed by atoms with Crippen molar-refractivity contribution in [3.63, 3.8) is 0 Å². The van der Waals surface area contributed by atoms with E-state index in [-0.39, 0.29) is 25.5 Å². The van der Waals surface area contributed by atoms with Crippen LogP contribution in [0.25, 0.3) is 10.9 Å². The molecule has 0 bridgehead atoms. The van der Waals surface area contributed by atoms with Crippen LogP contribution < -0.4 is 5.32 Å². The molecule has 1 aliphatic heterocycles. The highest BCUT2D eigenvalue weighted by Gasteiger charge is 2.30. The van der Waals surface area contributed by atoms with Gasteiger partial charge in [-0.3, -0.25) is 9.67 Å². The molecule has 3 aromatic rings. The van der Waals surface area contributed by atoms with Crippen molar-refractivity contribution in [3.8, 4) is 0 Å². The third-order valence-electron chi connectivity index (χ3n) is 7.04. The van der Waals surface area contributed by atoms with Crippen LogP contribution in [0.2, 0.25) is 0 Å². The highest BCUT2D eigenvalue weighted by atomic mass is 19.1. The lowest BCUT2D eigenvalue weighted by atomic mass is 9.91. The second kappa shape index (κ2) is 10.3. The van der Waals surface area contributed by atoms with Crippen molar-refractivity contribution in [2.24, 2.45) is 5.92 Å². The number of hydrogen-bond donors (Lipinski definition) is 3. The number of fused-ring (bicyclic) bond motifs is 1. The molecule has 8 nitrogen and oxygen atoms in total. The summed E-state index contributed by atoms with van der Waals surface area (Å²) in [5, 5.41) is 26.8. The molecule has 0 spiro atoms. The number of rotatable bonds is 8. The van der Waals surface area contributed by atoms with Crippen molar-refractivity contribution in [1.82, 2.24) is 19.7 Å². The Balaban J connectivity index is 1.28. The Labute approximate surface area is 209 Å². The number of hydrogen-bond acceptors (Lipinski definition) is 6. The Bertz CT molecular complexity index is 1350. The van der Waals surface area contributed by atoms with E-state index in [1.807, 2.05) is 25.1 Å². The summed E-state index contributed by atoms with van der Waals surface area (Å²) >= 11 is 0. The van der Waals surface area contributed by atoms with Crippen LogP contribution in [0.5, 0.6) is 0 Å². The molecule has 2 aliphatic rings. The molecule has 36 heavy (non-hydrogen) atoms. The maximum atomic E-state index is 15.1. The van der Waals surface area contributed by atoms with E-state index in [0.717, 1.165) is 42.4 Å². The number of aliphatic hydroxyl groups is 2. The van der Waals surface area contributed by atoms with Gasteiger partial charge >= 0.3 is 0 Å². The molecule has 3 N–H and O–H groups in total. The van der Waals surface area contributed by atoms with Gasteiger partial charge in [-0.2, -0.15) is 5.10 Å². The number of allylic oxidation sites excluding steroid dienone is 3. The molecule has 1 aliphatic carbocycles. The van der Waals surface area contributed by atoms with Crippen molar-refractivity contribution >= 4 is 22.9 Å². The predicted octanol–water partition coefficient (Wildman–Crippen LogP) is 3.32. The molecule has 188 valence electrons. The summed E-state index contributed by atoms with van der Waals surface area (Å²) in [5.41, 5.74) is 2.13. The van der Waals surface area contributed by atoms with E-state index in [4.69, 9.17) is 10.1 Å². The number of pyridine rings is 2. The summed E-state index contributed by atoms with van der Waals surface area (Å²) < 4.78 is 19.0. The number of halogens is 1. The lowest BCUT2D eigenvalue weighted by molar-refractivity contribution is -0.532. The highest BCUT2D eigenvalue weighted by molar-refractivity contribution is 5.80. The first-order valence-corrected chi connectivity index (χ1v) is 12.4. The topological polar surface area (TPSA) is 99.1 Å². The van der Waals surface area contributed by atoms with Crippen molar-refractivity contribution < 1.29 is 19.2 Å². The lowest BCUT2D eigenvalue weighted by Gasteiger charge is -2.30. The minimum atomic E-state index is -0.651. The van der Waals surface area contributed by atoms with E-state index in [9.17, 15) is 5.11 Å². The van der Waals surface area contributed by atoms with E-state index in [2.05, 4.69) is 32.3 Å². The van der Waals surface area contributed by atoms with Crippen LogP contribution in [-0.2, 0) is 18.6 Å². The summed E-state index contributed by atoms with van der Waals surface area (Å²) in [6.45, 7) is 3.60. The molecule has 5 rings (SSSR count). The Kier molecular flexibility index (Phi) is 6.93. The monoisotopic (exact) mass is 491 g/mol. The molecular formula is C27H32FN6O2+. The minimum absolute atomic E-state index is 0.141. The van der Waals surface area contributed by atoms with Gasteiger partial charge in [0.05, 0.1) is 29.1 Å². The molecule has 9 heteroatoms. The summed E-state index contributed by atoms with van der Waals surface area (Å²) in [7, 11) is 0. The summed E-state index contributed by atoms with van der Waals surface area (Å²) in [5.74, 6) is 0.791. The highest BCUT2D eigenvalue weighted by Crippen LogP contribution is 2.34. The number of nitrogens with one attached hydrogen (secondary N) is 1. The van der Waals surface area contributed by atoms with Crippen molar-refractivity contribution in [2.45, 2.75) is 44.8 Å². The Morgan fingerprint density at radius 2 is 2.14 bits per heavy atom. The van der Waals surface area contributed by atoms with Gasteiger partial charge in [-0.05, 0) is 43.5 Å². The van der Waals surface area contributed by atoms with Gasteiger partial charge in [0.15, 0.2) is 6.54 Å². The number of aromatic nitrogens is 4. The molecule has 3 aromatic heterocycles. The largest absolute Gasteiger partial charge is 0.390 e. The number of nitrogens with zero attached hydrogens (tertiary/aromatic N) is 5. The number of β-amino-alcohol motifs (C(OH)–C–C–N with tert-alkyl or cyclic N) is 1. The van der Waals surface area contributed by atoms with E-state index in [0.29, 0.717) is 29.7 Å². The molecule has 0 fully saturated rings. The summed E-state index contributed by atoms with van der Waals surface area (Å²) in [6.07, 6.45) is 12.4. The van der Waals surface area contributed by atoms with Crippen molar-refractivity contribution in [1.29, 1.82) is 0 Å². The Morgan fingerprint density at radius 1 is 1.25 bits per heavy atom. The second-order valence-corrected chi connectivity index (χ2v) is 9.82. The summed E-state index contributed by atoms with van der Waals surface area (Å²) in [4.78, 5) is 9.32.